The van der Waals surface area contributed by atoms with Gasteiger partial charge in [0.15, 0.2) is 5.16 Å². The molecule has 23 heavy (non-hydrogen) atoms. The van der Waals surface area contributed by atoms with E-state index in [1.165, 1.54) is 11.8 Å². The topological polar surface area (TPSA) is 108 Å². The summed E-state index contributed by atoms with van der Waals surface area (Å²) < 4.78 is 1.79. The van der Waals surface area contributed by atoms with Gasteiger partial charge < -0.3 is 11.5 Å². The zero-order valence-electron chi connectivity index (χ0n) is 12.3. The number of nitrogen functional groups attached to an aromatic ring is 2. The average molecular weight is 323 g/mol. The van der Waals surface area contributed by atoms with Crippen LogP contribution in [0.4, 0.5) is 11.6 Å². The van der Waals surface area contributed by atoms with Crippen molar-refractivity contribution in [3.63, 3.8) is 0 Å². The minimum absolute atomic E-state index is 0.357. The van der Waals surface area contributed by atoms with Gasteiger partial charge in [-0.25, -0.2) is 19.9 Å². The maximum atomic E-state index is 6.22. The van der Waals surface area contributed by atoms with Gasteiger partial charge >= 0.3 is 0 Å². The normalized spacial score (nSPS) is 11.3. The molecule has 8 heteroatoms. The smallest absolute Gasteiger partial charge is 0.206 e. The van der Waals surface area contributed by atoms with Gasteiger partial charge in [0.1, 0.15) is 5.65 Å². The summed E-state index contributed by atoms with van der Waals surface area (Å²) in [7, 11) is 0. The molecule has 0 aliphatic carbocycles. The van der Waals surface area contributed by atoms with Gasteiger partial charge in [-0.3, -0.25) is 4.40 Å². The molecule has 0 spiro atoms. The van der Waals surface area contributed by atoms with E-state index >= 15 is 0 Å². The van der Waals surface area contributed by atoms with Crippen LogP contribution < -0.4 is 11.5 Å². The number of nitrogens with two attached hydrogens (primary N) is 2. The predicted molar refractivity (Wildman–Crippen MR) is 92.1 cm³/mol. The van der Waals surface area contributed by atoms with E-state index < -0.39 is 0 Å². The molecule has 0 aliphatic rings. The van der Waals surface area contributed by atoms with Crippen LogP contribution in [0.1, 0.15) is 0 Å². The summed E-state index contributed by atoms with van der Waals surface area (Å²) >= 11 is 1.49. The number of fused-ring (bicyclic) bond motifs is 3. The predicted octanol–water partition coefficient (Wildman–Crippen LogP) is 2.23. The summed E-state index contributed by atoms with van der Waals surface area (Å²) in [4.78, 5) is 17.4. The van der Waals surface area contributed by atoms with E-state index in [4.69, 9.17) is 11.5 Å². The Bertz CT molecular complexity index is 1040. The van der Waals surface area contributed by atoms with Crippen molar-refractivity contribution in [1.82, 2.24) is 24.3 Å². The number of thioether (sulfide) groups is 1. The fourth-order valence-electron chi connectivity index (χ4n) is 2.71. The van der Waals surface area contributed by atoms with E-state index in [-0.39, 0.29) is 0 Å². The van der Waals surface area contributed by atoms with Crippen LogP contribution in [0.25, 0.3) is 27.8 Å². The Morgan fingerprint density at radius 3 is 2.61 bits per heavy atom. The van der Waals surface area contributed by atoms with Crippen LogP contribution in [0.5, 0.6) is 0 Å². The molecular weight excluding hydrogens is 310 g/mol. The van der Waals surface area contributed by atoms with Crippen molar-refractivity contribution in [3.05, 3.63) is 36.8 Å². The van der Waals surface area contributed by atoms with Crippen molar-refractivity contribution in [2.24, 2.45) is 0 Å². The molecule has 0 unspecified atom stereocenters. The minimum atomic E-state index is 0.357. The summed E-state index contributed by atoms with van der Waals surface area (Å²) in [5, 5.41) is 1.51. The van der Waals surface area contributed by atoms with Crippen molar-refractivity contribution >= 4 is 39.9 Å². The summed E-state index contributed by atoms with van der Waals surface area (Å²) in [5.41, 5.74) is 16.1. The lowest BCUT2D eigenvalue weighted by Gasteiger charge is -2.03. The largest absolute Gasteiger partial charge is 0.398 e. The summed E-state index contributed by atoms with van der Waals surface area (Å²) in [6.45, 7) is 0. The third kappa shape index (κ3) is 1.99. The number of nitrogens with zero attached hydrogens (tertiary/aromatic N) is 5. The number of hydrogen-bond donors (Lipinski definition) is 2. The molecule has 0 fully saturated rings. The molecule has 0 bridgehead atoms. The fraction of sp³-hybridized carbons (Fsp3) is 0.0667. The standard InChI is InChI=1S/C15H13N7S/c1-23-15-20-6-3-9(21-15)12-10-4-7-19-14(17)22(10)13-11(12)8(16)2-5-18-13/h2-7H,1H3,(H2,16,18)(H2,17,19). The number of hydrogen-bond acceptors (Lipinski definition) is 7. The fourth-order valence-corrected chi connectivity index (χ4v) is 3.07. The monoisotopic (exact) mass is 323 g/mol. The summed E-state index contributed by atoms with van der Waals surface area (Å²) in [6.07, 6.45) is 7.00. The van der Waals surface area contributed by atoms with Crippen molar-refractivity contribution in [1.29, 1.82) is 0 Å². The number of anilines is 2. The molecule has 0 radical (unpaired) electrons. The molecule has 0 amide bonds. The Balaban J connectivity index is 2.21. The zero-order valence-corrected chi connectivity index (χ0v) is 13.1. The molecule has 0 saturated heterocycles. The summed E-state index contributed by atoms with van der Waals surface area (Å²) in [5.74, 6) is 0.357. The second-order valence-corrected chi connectivity index (χ2v) is 5.70. The van der Waals surface area contributed by atoms with Gasteiger partial charge in [-0.05, 0) is 24.5 Å². The molecule has 4 rings (SSSR count). The van der Waals surface area contributed by atoms with Gasteiger partial charge in [-0.2, -0.15) is 0 Å². The minimum Gasteiger partial charge on any atom is -0.398 e. The molecule has 4 N–H and O–H groups in total. The Hall–Kier alpha value is -2.87. The molecular formula is C15H13N7S. The third-order valence-electron chi connectivity index (χ3n) is 3.66. The Morgan fingerprint density at radius 2 is 1.78 bits per heavy atom. The van der Waals surface area contributed by atoms with Crippen molar-refractivity contribution in [2.75, 3.05) is 17.7 Å². The molecule has 0 saturated carbocycles. The van der Waals surface area contributed by atoms with Crippen molar-refractivity contribution in [3.8, 4) is 11.3 Å². The van der Waals surface area contributed by atoms with E-state index in [1.807, 2.05) is 18.4 Å². The molecule has 7 nitrogen and oxygen atoms in total. The number of aromatic nitrogens is 5. The van der Waals surface area contributed by atoms with Crippen LogP contribution >= 0.6 is 11.8 Å². The Morgan fingerprint density at radius 1 is 1.00 bits per heavy atom. The van der Waals surface area contributed by atoms with E-state index in [2.05, 4.69) is 19.9 Å². The van der Waals surface area contributed by atoms with E-state index in [1.54, 1.807) is 29.1 Å². The summed E-state index contributed by atoms with van der Waals surface area (Å²) in [6, 6.07) is 5.51. The van der Waals surface area contributed by atoms with Crippen LogP contribution in [0.2, 0.25) is 0 Å². The maximum absolute atomic E-state index is 6.22. The number of pyridine rings is 1. The van der Waals surface area contributed by atoms with E-state index in [0.29, 0.717) is 22.4 Å². The first-order valence-corrected chi connectivity index (χ1v) is 8.09. The highest BCUT2D eigenvalue weighted by molar-refractivity contribution is 7.98. The lowest BCUT2D eigenvalue weighted by atomic mass is 10.1. The molecule has 4 aromatic rings. The first kappa shape index (κ1) is 13.8. The van der Waals surface area contributed by atoms with E-state index in [9.17, 15) is 0 Å². The third-order valence-corrected chi connectivity index (χ3v) is 4.22. The van der Waals surface area contributed by atoms with Crippen LogP contribution in [0.15, 0.2) is 41.9 Å². The highest BCUT2D eigenvalue weighted by Crippen LogP contribution is 2.37. The van der Waals surface area contributed by atoms with Gasteiger partial charge in [0.25, 0.3) is 0 Å². The van der Waals surface area contributed by atoms with Gasteiger partial charge in [-0.1, -0.05) is 11.8 Å². The van der Waals surface area contributed by atoms with Gasteiger partial charge in [-0.15, -0.1) is 0 Å². The second-order valence-electron chi connectivity index (χ2n) is 4.93. The maximum Gasteiger partial charge on any atom is 0.206 e. The molecule has 4 heterocycles. The molecule has 0 aliphatic heterocycles. The lowest BCUT2D eigenvalue weighted by molar-refractivity contribution is 0.977. The van der Waals surface area contributed by atoms with Gasteiger partial charge in [0.2, 0.25) is 5.95 Å². The first-order chi connectivity index (χ1) is 11.2. The van der Waals surface area contributed by atoms with Crippen LogP contribution in [0.3, 0.4) is 0 Å². The quantitative estimate of drug-likeness (QED) is 0.430. The lowest BCUT2D eigenvalue weighted by Crippen LogP contribution is -2.00. The molecule has 0 aromatic carbocycles. The van der Waals surface area contributed by atoms with Crippen LogP contribution in [-0.4, -0.2) is 30.6 Å². The molecule has 0 atom stereocenters. The average Bonchev–Trinajstić information content (AvgIpc) is 2.92. The SMILES string of the molecule is CSc1nccc(-c2c3c(N)ccnc3n3c(N)nccc23)n1. The first-order valence-electron chi connectivity index (χ1n) is 6.87. The highest BCUT2D eigenvalue weighted by Gasteiger charge is 2.19. The zero-order chi connectivity index (χ0) is 16.0. The van der Waals surface area contributed by atoms with E-state index in [0.717, 1.165) is 22.2 Å². The highest BCUT2D eigenvalue weighted by atomic mass is 32.2. The molecule has 4 aromatic heterocycles. The number of rotatable bonds is 2. The Labute approximate surface area is 135 Å². The van der Waals surface area contributed by atoms with Crippen LogP contribution in [0, 0.1) is 0 Å². The molecule has 114 valence electrons. The van der Waals surface area contributed by atoms with Gasteiger partial charge in [0, 0.05) is 29.8 Å². The second kappa shape index (κ2) is 5.10. The van der Waals surface area contributed by atoms with Crippen LogP contribution in [-0.2, 0) is 0 Å². The van der Waals surface area contributed by atoms with Crippen molar-refractivity contribution < 1.29 is 0 Å². The Kier molecular flexibility index (Phi) is 3.05. The van der Waals surface area contributed by atoms with Gasteiger partial charge in [0.05, 0.1) is 16.6 Å². The van der Waals surface area contributed by atoms with Crippen molar-refractivity contribution in [2.45, 2.75) is 5.16 Å².